The molecule has 0 fully saturated rings. The number of oxime groups is 2. The molecule has 0 aromatic carbocycles. The monoisotopic (exact) mass is 702 g/mol. The lowest BCUT2D eigenvalue weighted by molar-refractivity contribution is -0.120. The Kier molecular flexibility index (Phi) is 39.9. The van der Waals surface area contributed by atoms with E-state index in [4.69, 9.17) is 9.68 Å². The van der Waals surface area contributed by atoms with Crippen LogP contribution in [0.5, 0.6) is 0 Å². The molecule has 0 radical (unpaired) electrons. The molecule has 0 aliphatic rings. The summed E-state index contributed by atoms with van der Waals surface area (Å²) in [6, 6.07) is 0. The minimum absolute atomic E-state index is 0.477. The number of ketones is 1. The minimum atomic E-state index is 0.477. The number of hydrogen-bond donors (Lipinski definition) is 0. The first kappa shape index (κ1) is 48.0. The van der Waals surface area contributed by atoms with Crippen LogP contribution in [0.15, 0.2) is 34.6 Å². The Labute approximate surface area is 311 Å². The molecule has 6 nitrogen and oxygen atoms in total. The summed E-state index contributed by atoms with van der Waals surface area (Å²) >= 11 is 0. The Morgan fingerprint density at radius 2 is 0.960 bits per heavy atom. The van der Waals surface area contributed by atoms with Gasteiger partial charge in [-0.1, -0.05) is 152 Å². The zero-order valence-corrected chi connectivity index (χ0v) is 33.7. The van der Waals surface area contributed by atoms with E-state index in [1.165, 1.54) is 141 Å². The van der Waals surface area contributed by atoms with Crippen molar-refractivity contribution in [1.29, 1.82) is 0 Å². The molecule has 0 aliphatic heterocycles. The molecule has 0 spiro atoms. The highest BCUT2D eigenvalue weighted by Gasteiger charge is 2.14. The molecule has 0 bridgehead atoms. The van der Waals surface area contributed by atoms with Gasteiger partial charge in [-0.15, -0.1) is 0 Å². The second kappa shape index (κ2) is 41.5. The number of carbonyl (C=O) groups excluding carboxylic acids is 1. The van der Waals surface area contributed by atoms with Crippen LogP contribution in [0.25, 0.3) is 0 Å². The maximum atomic E-state index is 12.8. The molecule has 0 saturated heterocycles. The van der Waals surface area contributed by atoms with Crippen molar-refractivity contribution in [2.24, 2.45) is 16.2 Å². The summed E-state index contributed by atoms with van der Waals surface area (Å²) in [5.74, 6) is 1.05. The smallest absolute Gasteiger partial charge is 0.135 e. The average Bonchev–Trinajstić information content (AvgIpc) is 3.10. The summed E-state index contributed by atoms with van der Waals surface area (Å²) in [7, 11) is 4.18. The second-order valence-corrected chi connectivity index (χ2v) is 14.7. The van der Waals surface area contributed by atoms with E-state index in [2.05, 4.69) is 67.5 Å². The third-order valence-electron chi connectivity index (χ3n) is 9.39. The number of unbranched alkanes of at least 4 members (excludes halogenated alkanes) is 20. The van der Waals surface area contributed by atoms with Gasteiger partial charge < -0.3 is 14.6 Å². The second-order valence-electron chi connectivity index (χ2n) is 14.7. The molecular weight excluding hydrogens is 619 g/mol. The summed E-state index contributed by atoms with van der Waals surface area (Å²) in [6.45, 7) is 6.66. The maximum absolute atomic E-state index is 12.8. The molecule has 50 heavy (non-hydrogen) atoms. The molecule has 0 N–H and O–H groups in total. The number of nitrogens with zero attached hydrogens (tertiary/aromatic N) is 3. The number of carbonyl (C=O) groups is 1. The Hall–Kier alpha value is -1.95. The SMILES string of the molecule is CCCCCCC=CCON=CCCCCCCCCC(CCCCCCCCC=NOCC=CCCCCCC)CC(=O)CCCN(C)C. The van der Waals surface area contributed by atoms with Crippen molar-refractivity contribution >= 4 is 18.2 Å². The van der Waals surface area contributed by atoms with E-state index >= 15 is 0 Å². The van der Waals surface area contributed by atoms with Crippen molar-refractivity contribution in [3.63, 3.8) is 0 Å². The Morgan fingerprint density at radius 3 is 1.42 bits per heavy atom. The zero-order chi connectivity index (χ0) is 36.4. The number of rotatable bonds is 40. The van der Waals surface area contributed by atoms with Crippen LogP contribution in [0, 0.1) is 5.92 Å². The van der Waals surface area contributed by atoms with Gasteiger partial charge in [0, 0.05) is 25.3 Å². The molecular formula is C44H83N3O3. The lowest BCUT2D eigenvalue weighted by Crippen LogP contribution is -2.15. The minimum Gasteiger partial charge on any atom is -0.392 e. The van der Waals surface area contributed by atoms with Crippen molar-refractivity contribution < 1.29 is 14.5 Å². The van der Waals surface area contributed by atoms with Gasteiger partial charge in [-0.3, -0.25) is 4.79 Å². The lowest BCUT2D eigenvalue weighted by Gasteiger charge is -2.17. The largest absolute Gasteiger partial charge is 0.392 e. The van der Waals surface area contributed by atoms with E-state index in [1.54, 1.807) is 0 Å². The van der Waals surface area contributed by atoms with Gasteiger partial charge >= 0.3 is 0 Å². The standard InChI is InChI=1S/C44H83N3O3/c1-5-7-9-11-19-25-31-40-49-45-37-29-23-17-13-15-21-27-34-43(42-44(48)36-33-39-47(3)4)35-28-22-16-14-18-24-30-38-46-50-41-32-26-20-12-10-8-6-2/h25-26,31-32,37-38,43H,5-24,27-30,33-36,39-42H2,1-4H3. The van der Waals surface area contributed by atoms with Gasteiger partial charge in [0.15, 0.2) is 0 Å². The topological polar surface area (TPSA) is 63.5 Å². The average molecular weight is 702 g/mol. The first-order chi connectivity index (χ1) is 24.6. The van der Waals surface area contributed by atoms with Crippen LogP contribution in [0.2, 0.25) is 0 Å². The molecule has 0 rings (SSSR count). The first-order valence-electron chi connectivity index (χ1n) is 21.3. The van der Waals surface area contributed by atoms with Gasteiger partial charge in [0.1, 0.15) is 19.0 Å². The van der Waals surface area contributed by atoms with Crippen LogP contribution in [0.4, 0.5) is 0 Å². The molecule has 0 amide bonds. The van der Waals surface area contributed by atoms with E-state index < -0.39 is 0 Å². The van der Waals surface area contributed by atoms with Crippen molar-refractivity contribution in [3.8, 4) is 0 Å². The van der Waals surface area contributed by atoms with E-state index in [-0.39, 0.29) is 0 Å². The lowest BCUT2D eigenvalue weighted by atomic mass is 9.89. The fourth-order valence-electron chi connectivity index (χ4n) is 6.25. The van der Waals surface area contributed by atoms with E-state index in [0.717, 1.165) is 51.5 Å². The van der Waals surface area contributed by atoms with Crippen LogP contribution in [-0.2, 0) is 14.5 Å². The fourth-order valence-corrected chi connectivity index (χ4v) is 6.25. The Balaban J connectivity index is 3.97. The van der Waals surface area contributed by atoms with E-state index in [1.807, 2.05) is 12.4 Å². The van der Waals surface area contributed by atoms with Crippen LogP contribution >= 0.6 is 0 Å². The predicted octanol–water partition coefficient (Wildman–Crippen LogP) is 13.2. The van der Waals surface area contributed by atoms with Gasteiger partial charge in [0.25, 0.3) is 0 Å². The van der Waals surface area contributed by atoms with Gasteiger partial charge in [-0.25, -0.2) is 0 Å². The van der Waals surface area contributed by atoms with Gasteiger partial charge in [-0.05, 0) is 96.5 Å². The van der Waals surface area contributed by atoms with Crippen LogP contribution < -0.4 is 0 Å². The van der Waals surface area contributed by atoms with Crippen molar-refractivity contribution in [3.05, 3.63) is 24.3 Å². The molecule has 0 unspecified atom stereocenters. The van der Waals surface area contributed by atoms with Crippen LogP contribution in [0.3, 0.4) is 0 Å². The number of Topliss-reactive ketones (excluding diaryl/α,β-unsaturated/α-hetero) is 1. The van der Waals surface area contributed by atoms with Gasteiger partial charge in [0.05, 0.1) is 0 Å². The summed E-state index contributed by atoms with van der Waals surface area (Å²) in [5, 5.41) is 8.19. The van der Waals surface area contributed by atoms with Crippen LogP contribution in [-0.4, -0.2) is 57.0 Å². The van der Waals surface area contributed by atoms with Crippen molar-refractivity contribution in [2.45, 2.75) is 200 Å². The Morgan fingerprint density at radius 1 is 0.540 bits per heavy atom. The molecule has 0 aromatic heterocycles. The van der Waals surface area contributed by atoms with E-state index in [9.17, 15) is 4.79 Å². The maximum Gasteiger partial charge on any atom is 0.135 e. The summed E-state index contributed by atoms with van der Waals surface area (Å²) < 4.78 is 0. The molecule has 292 valence electrons. The number of allylic oxidation sites excluding steroid dienone is 2. The third kappa shape index (κ3) is 40.5. The molecule has 0 atom stereocenters. The summed E-state index contributed by atoms with van der Waals surface area (Å²) in [5.41, 5.74) is 0. The molecule has 0 saturated carbocycles. The van der Waals surface area contributed by atoms with Gasteiger partial charge in [-0.2, -0.15) is 0 Å². The zero-order valence-electron chi connectivity index (χ0n) is 33.7. The predicted molar refractivity (Wildman–Crippen MR) is 219 cm³/mol. The first-order valence-corrected chi connectivity index (χ1v) is 21.3. The quantitative estimate of drug-likeness (QED) is 0.0276. The summed E-state index contributed by atoms with van der Waals surface area (Å²) in [6.07, 6.45) is 47.3. The van der Waals surface area contributed by atoms with Crippen molar-refractivity contribution in [2.75, 3.05) is 33.9 Å². The highest BCUT2D eigenvalue weighted by molar-refractivity contribution is 5.78. The fraction of sp³-hybridized carbons (Fsp3) is 0.841. The molecule has 0 heterocycles. The van der Waals surface area contributed by atoms with E-state index in [0.29, 0.717) is 24.9 Å². The molecule has 0 aliphatic carbocycles. The van der Waals surface area contributed by atoms with Crippen molar-refractivity contribution in [1.82, 2.24) is 4.90 Å². The highest BCUT2D eigenvalue weighted by atomic mass is 16.6. The van der Waals surface area contributed by atoms with Crippen LogP contribution in [0.1, 0.15) is 200 Å². The Bertz CT molecular complexity index is 756. The molecule has 0 aromatic rings. The van der Waals surface area contributed by atoms with Gasteiger partial charge in [0.2, 0.25) is 0 Å². The molecule has 6 heteroatoms. The third-order valence-corrected chi connectivity index (χ3v) is 9.39. The number of hydrogen-bond acceptors (Lipinski definition) is 6. The summed E-state index contributed by atoms with van der Waals surface area (Å²) in [4.78, 5) is 25.6. The normalized spacial score (nSPS) is 12.8. The highest BCUT2D eigenvalue weighted by Crippen LogP contribution is 2.23.